The van der Waals surface area contributed by atoms with Crippen LogP contribution in [0.2, 0.25) is 0 Å². The Hall–Kier alpha value is -2.34. The standard InChI is InChI=1S/C18H23N5O/c1-2-16-4-5-17(24-16)14-21-9-6-18-19-12-15(23(18)11-10-21)13-22-8-3-7-20-22/h3-5,7-8,12H,2,6,9-11,13-14H2,1H3. The summed E-state index contributed by atoms with van der Waals surface area (Å²) in [6.45, 7) is 6.76. The minimum Gasteiger partial charge on any atom is -0.465 e. The number of hydrogen-bond donors (Lipinski definition) is 0. The lowest BCUT2D eigenvalue weighted by Crippen LogP contribution is -2.26. The number of aryl methyl sites for hydroxylation is 1. The van der Waals surface area contributed by atoms with Crippen LogP contribution in [0.4, 0.5) is 0 Å². The van der Waals surface area contributed by atoms with Gasteiger partial charge < -0.3 is 8.98 Å². The van der Waals surface area contributed by atoms with Crippen molar-refractivity contribution in [1.29, 1.82) is 0 Å². The SMILES string of the molecule is CCc1ccc(CN2CCc3ncc(Cn4cccn4)n3CC2)o1. The largest absolute Gasteiger partial charge is 0.465 e. The van der Waals surface area contributed by atoms with Crippen LogP contribution in [0.25, 0.3) is 0 Å². The molecule has 3 aromatic rings. The van der Waals surface area contributed by atoms with Crippen LogP contribution in [0.5, 0.6) is 0 Å². The van der Waals surface area contributed by atoms with Gasteiger partial charge >= 0.3 is 0 Å². The molecule has 0 spiro atoms. The molecule has 0 aliphatic carbocycles. The van der Waals surface area contributed by atoms with E-state index in [9.17, 15) is 0 Å². The van der Waals surface area contributed by atoms with Crippen molar-refractivity contribution >= 4 is 0 Å². The van der Waals surface area contributed by atoms with Gasteiger partial charge in [-0.2, -0.15) is 5.10 Å². The van der Waals surface area contributed by atoms with Gasteiger partial charge in [-0.25, -0.2) is 4.98 Å². The van der Waals surface area contributed by atoms with Gasteiger partial charge in [0.15, 0.2) is 0 Å². The quantitative estimate of drug-likeness (QED) is 0.722. The van der Waals surface area contributed by atoms with E-state index in [2.05, 4.69) is 38.6 Å². The number of rotatable bonds is 5. The number of fused-ring (bicyclic) bond motifs is 1. The van der Waals surface area contributed by atoms with Gasteiger partial charge in [0.05, 0.1) is 25.0 Å². The fraction of sp³-hybridized carbons (Fsp3) is 0.444. The highest BCUT2D eigenvalue weighted by Gasteiger charge is 2.18. The molecule has 1 aliphatic heterocycles. The molecule has 4 heterocycles. The molecule has 0 unspecified atom stereocenters. The van der Waals surface area contributed by atoms with Crippen LogP contribution >= 0.6 is 0 Å². The van der Waals surface area contributed by atoms with Gasteiger partial charge in [-0.05, 0) is 18.2 Å². The molecule has 0 fully saturated rings. The first-order valence-electron chi connectivity index (χ1n) is 8.62. The Balaban J connectivity index is 1.43. The highest BCUT2D eigenvalue weighted by Crippen LogP contribution is 2.16. The summed E-state index contributed by atoms with van der Waals surface area (Å²) in [4.78, 5) is 7.08. The van der Waals surface area contributed by atoms with Gasteiger partial charge in [0, 0.05) is 44.9 Å². The lowest BCUT2D eigenvalue weighted by atomic mass is 10.3. The van der Waals surface area contributed by atoms with Crippen molar-refractivity contribution in [3.05, 3.63) is 59.8 Å². The molecule has 6 heteroatoms. The van der Waals surface area contributed by atoms with E-state index in [0.717, 1.165) is 57.1 Å². The minimum atomic E-state index is 0.776. The van der Waals surface area contributed by atoms with E-state index in [1.54, 1.807) is 0 Å². The van der Waals surface area contributed by atoms with E-state index < -0.39 is 0 Å². The molecule has 0 N–H and O–H groups in total. The third-order valence-corrected chi connectivity index (χ3v) is 4.64. The molecular weight excluding hydrogens is 302 g/mol. The van der Waals surface area contributed by atoms with Gasteiger partial charge in [0.2, 0.25) is 0 Å². The summed E-state index contributed by atoms with van der Waals surface area (Å²) in [5, 5.41) is 4.30. The van der Waals surface area contributed by atoms with Gasteiger partial charge in [-0.3, -0.25) is 9.58 Å². The first-order valence-corrected chi connectivity index (χ1v) is 8.62. The molecule has 4 rings (SSSR count). The molecule has 126 valence electrons. The summed E-state index contributed by atoms with van der Waals surface area (Å²) in [5.74, 6) is 3.30. The molecule has 0 aromatic carbocycles. The molecule has 0 radical (unpaired) electrons. The predicted octanol–water partition coefficient (Wildman–Crippen LogP) is 2.34. The van der Waals surface area contributed by atoms with E-state index in [0.29, 0.717) is 0 Å². The molecule has 0 atom stereocenters. The summed E-state index contributed by atoms with van der Waals surface area (Å²) in [6.07, 6.45) is 7.72. The van der Waals surface area contributed by atoms with Crippen molar-refractivity contribution in [3.63, 3.8) is 0 Å². The maximum Gasteiger partial charge on any atom is 0.118 e. The summed E-state index contributed by atoms with van der Waals surface area (Å²) in [6, 6.07) is 6.14. The zero-order valence-electron chi connectivity index (χ0n) is 14.1. The molecule has 0 bridgehead atoms. The second kappa shape index (κ2) is 6.65. The Morgan fingerprint density at radius 3 is 2.83 bits per heavy atom. The topological polar surface area (TPSA) is 52.0 Å². The fourth-order valence-corrected chi connectivity index (χ4v) is 3.30. The van der Waals surface area contributed by atoms with E-state index in [1.807, 2.05) is 29.3 Å². The normalized spacial score (nSPS) is 15.4. The molecule has 24 heavy (non-hydrogen) atoms. The number of aromatic nitrogens is 4. The lowest BCUT2D eigenvalue weighted by Gasteiger charge is -2.18. The zero-order chi connectivity index (χ0) is 16.4. The van der Waals surface area contributed by atoms with Crippen LogP contribution in [0, 0.1) is 0 Å². The van der Waals surface area contributed by atoms with Crippen LogP contribution in [-0.2, 0) is 32.5 Å². The summed E-state index contributed by atoms with van der Waals surface area (Å²) in [7, 11) is 0. The summed E-state index contributed by atoms with van der Waals surface area (Å²) in [5.41, 5.74) is 1.22. The average molecular weight is 325 g/mol. The van der Waals surface area contributed by atoms with Gasteiger partial charge in [0.1, 0.15) is 17.3 Å². The van der Waals surface area contributed by atoms with Crippen LogP contribution in [0.3, 0.4) is 0 Å². The van der Waals surface area contributed by atoms with E-state index in [1.165, 1.54) is 11.5 Å². The number of nitrogens with zero attached hydrogens (tertiary/aromatic N) is 5. The molecule has 1 aliphatic rings. The summed E-state index contributed by atoms with van der Waals surface area (Å²) < 4.78 is 10.1. The maximum absolute atomic E-state index is 5.85. The smallest absolute Gasteiger partial charge is 0.118 e. The Kier molecular flexibility index (Phi) is 4.21. The maximum atomic E-state index is 5.85. The van der Waals surface area contributed by atoms with E-state index in [-0.39, 0.29) is 0 Å². The van der Waals surface area contributed by atoms with Gasteiger partial charge in [0.25, 0.3) is 0 Å². The zero-order valence-corrected chi connectivity index (χ0v) is 14.1. The average Bonchev–Trinajstić information content (AvgIpc) is 3.30. The second-order valence-corrected chi connectivity index (χ2v) is 6.27. The van der Waals surface area contributed by atoms with Crippen molar-refractivity contribution < 1.29 is 4.42 Å². The Labute approximate surface area is 141 Å². The first-order chi connectivity index (χ1) is 11.8. The minimum absolute atomic E-state index is 0.776. The molecule has 0 saturated heterocycles. The van der Waals surface area contributed by atoms with Crippen LogP contribution in [0.1, 0.15) is 30.0 Å². The van der Waals surface area contributed by atoms with Crippen molar-refractivity contribution in [3.8, 4) is 0 Å². The molecule has 0 amide bonds. The Bertz CT molecular complexity index is 786. The van der Waals surface area contributed by atoms with Crippen molar-refractivity contribution in [1.82, 2.24) is 24.2 Å². The summed E-state index contributed by atoms with van der Waals surface area (Å²) >= 11 is 0. The third-order valence-electron chi connectivity index (χ3n) is 4.64. The van der Waals surface area contributed by atoms with Gasteiger partial charge in [-0.15, -0.1) is 0 Å². The van der Waals surface area contributed by atoms with Crippen LogP contribution in [-0.4, -0.2) is 37.3 Å². The number of hydrogen-bond acceptors (Lipinski definition) is 4. The molecule has 6 nitrogen and oxygen atoms in total. The van der Waals surface area contributed by atoms with E-state index in [4.69, 9.17) is 4.42 Å². The third kappa shape index (κ3) is 3.14. The lowest BCUT2D eigenvalue weighted by molar-refractivity contribution is 0.246. The second-order valence-electron chi connectivity index (χ2n) is 6.27. The molecule has 0 saturated carbocycles. The number of furan rings is 1. The van der Waals surface area contributed by atoms with Crippen molar-refractivity contribution in [2.24, 2.45) is 0 Å². The van der Waals surface area contributed by atoms with E-state index >= 15 is 0 Å². The molecule has 3 aromatic heterocycles. The molecular formula is C18H23N5O. The van der Waals surface area contributed by atoms with Crippen LogP contribution < -0.4 is 0 Å². The predicted molar refractivity (Wildman–Crippen MR) is 90.6 cm³/mol. The van der Waals surface area contributed by atoms with Crippen molar-refractivity contribution in [2.75, 3.05) is 13.1 Å². The van der Waals surface area contributed by atoms with Crippen molar-refractivity contribution in [2.45, 2.75) is 39.4 Å². The number of imidazole rings is 1. The highest BCUT2D eigenvalue weighted by molar-refractivity contribution is 5.10. The first kappa shape index (κ1) is 15.2. The fourth-order valence-electron chi connectivity index (χ4n) is 3.30. The Morgan fingerprint density at radius 1 is 1.12 bits per heavy atom. The highest BCUT2D eigenvalue weighted by atomic mass is 16.3. The Morgan fingerprint density at radius 2 is 2.04 bits per heavy atom. The van der Waals surface area contributed by atoms with Crippen LogP contribution in [0.15, 0.2) is 41.2 Å². The van der Waals surface area contributed by atoms with Gasteiger partial charge in [-0.1, -0.05) is 6.92 Å². The monoisotopic (exact) mass is 325 g/mol.